The highest BCUT2D eigenvalue weighted by Crippen LogP contribution is 2.21. The van der Waals surface area contributed by atoms with Crippen molar-refractivity contribution in [2.45, 2.75) is 12.5 Å². The molecule has 0 unspecified atom stereocenters. The van der Waals surface area contributed by atoms with Gasteiger partial charge in [0.05, 0.1) is 12.0 Å². The molecule has 1 amide bonds. The van der Waals surface area contributed by atoms with Crippen molar-refractivity contribution in [2.75, 3.05) is 0 Å². The van der Waals surface area contributed by atoms with Crippen molar-refractivity contribution in [3.05, 3.63) is 32.7 Å². The third-order valence-electron chi connectivity index (χ3n) is 2.16. The molecular weight excluding hydrogens is 386 g/mol. The Hall–Kier alpha value is -1.41. The van der Waals surface area contributed by atoms with Crippen molar-refractivity contribution in [3.63, 3.8) is 0 Å². The van der Waals surface area contributed by atoms with E-state index in [1.165, 1.54) is 6.07 Å². The summed E-state index contributed by atoms with van der Waals surface area (Å²) in [4.78, 5) is 33.3. The van der Waals surface area contributed by atoms with E-state index in [1.54, 1.807) is 12.1 Å². The zero-order valence-electron chi connectivity index (χ0n) is 9.39. The molecule has 0 saturated heterocycles. The Balaban J connectivity index is 2.90. The van der Waals surface area contributed by atoms with Gasteiger partial charge in [0.2, 0.25) is 0 Å². The highest BCUT2D eigenvalue weighted by Gasteiger charge is 2.24. The van der Waals surface area contributed by atoms with E-state index in [4.69, 9.17) is 10.2 Å². The van der Waals surface area contributed by atoms with Crippen LogP contribution in [0, 0.1) is 0 Å². The number of aliphatic carboxylic acids is 2. The van der Waals surface area contributed by atoms with Crippen LogP contribution in [-0.4, -0.2) is 34.1 Å². The van der Waals surface area contributed by atoms with Gasteiger partial charge in [-0.05, 0) is 34.1 Å². The molecule has 102 valence electrons. The van der Waals surface area contributed by atoms with Gasteiger partial charge in [-0.25, -0.2) is 4.79 Å². The summed E-state index contributed by atoms with van der Waals surface area (Å²) in [5.41, 5.74) is 0.214. The molecule has 0 bridgehead atoms. The van der Waals surface area contributed by atoms with Gasteiger partial charge < -0.3 is 15.5 Å². The molecule has 3 N–H and O–H groups in total. The van der Waals surface area contributed by atoms with Crippen molar-refractivity contribution < 1.29 is 24.6 Å². The van der Waals surface area contributed by atoms with Crippen molar-refractivity contribution in [1.82, 2.24) is 5.32 Å². The number of halogens is 2. The monoisotopic (exact) mass is 393 g/mol. The summed E-state index contributed by atoms with van der Waals surface area (Å²) >= 11 is 6.35. The Kier molecular flexibility index (Phi) is 5.49. The molecule has 0 heterocycles. The summed E-state index contributed by atoms with van der Waals surface area (Å²) in [6.07, 6.45) is -0.688. The molecule has 0 aliphatic heterocycles. The molecule has 1 atom stereocenters. The van der Waals surface area contributed by atoms with Crippen molar-refractivity contribution in [3.8, 4) is 0 Å². The number of carbonyl (C=O) groups excluding carboxylic acids is 1. The molecule has 8 heteroatoms. The van der Waals surface area contributed by atoms with E-state index in [0.717, 1.165) is 0 Å². The van der Waals surface area contributed by atoms with E-state index in [2.05, 4.69) is 37.2 Å². The number of nitrogens with one attached hydrogen (secondary N) is 1. The van der Waals surface area contributed by atoms with Gasteiger partial charge in [-0.2, -0.15) is 0 Å². The first-order valence-corrected chi connectivity index (χ1v) is 6.60. The Bertz CT molecular complexity index is 532. The van der Waals surface area contributed by atoms with Gasteiger partial charge in [0, 0.05) is 8.95 Å². The van der Waals surface area contributed by atoms with Gasteiger partial charge in [-0.1, -0.05) is 15.9 Å². The Labute approximate surface area is 125 Å². The predicted molar refractivity (Wildman–Crippen MR) is 73.0 cm³/mol. The fourth-order valence-corrected chi connectivity index (χ4v) is 2.07. The van der Waals surface area contributed by atoms with Crippen LogP contribution in [0.3, 0.4) is 0 Å². The topological polar surface area (TPSA) is 104 Å². The molecule has 1 aromatic rings. The van der Waals surface area contributed by atoms with E-state index >= 15 is 0 Å². The SMILES string of the molecule is O=C(O)C[C@@H](NC(=O)c1cc(Br)ccc1Br)C(=O)O. The number of carbonyl (C=O) groups is 3. The van der Waals surface area contributed by atoms with Crippen LogP contribution < -0.4 is 5.32 Å². The van der Waals surface area contributed by atoms with Crippen LogP contribution in [0.25, 0.3) is 0 Å². The fraction of sp³-hybridized carbons (Fsp3) is 0.182. The highest BCUT2D eigenvalue weighted by atomic mass is 79.9. The lowest BCUT2D eigenvalue weighted by Crippen LogP contribution is -2.42. The van der Waals surface area contributed by atoms with Gasteiger partial charge in [-0.15, -0.1) is 0 Å². The number of hydrogen-bond acceptors (Lipinski definition) is 3. The molecule has 1 rings (SSSR count). The minimum atomic E-state index is -1.48. The first-order chi connectivity index (χ1) is 8.81. The molecule has 0 aromatic heterocycles. The van der Waals surface area contributed by atoms with E-state index in [9.17, 15) is 14.4 Å². The second-order valence-electron chi connectivity index (χ2n) is 3.59. The molecule has 0 radical (unpaired) electrons. The average molecular weight is 395 g/mol. The maximum Gasteiger partial charge on any atom is 0.326 e. The molecule has 6 nitrogen and oxygen atoms in total. The lowest BCUT2D eigenvalue weighted by molar-refractivity contribution is -0.145. The maximum absolute atomic E-state index is 11.9. The number of benzene rings is 1. The minimum Gasteiger partial charge on any atom is -0.481 e. The summed E-state index contributed by atoms with van der Waals surface area (Å²) in [6.45, 7) is 0. The number of carboxylic acids is 2. The molecule has 0 saturated carbocycles. The van der Waals surface area contributed by atoms with Gasteiger partial charge in [-0.3, -0.25) is 9.59 Å². The normalized spacial score (nSPS) is 11.7. The predicted octanol–water partition coefficient (Wildman–Crippen LogP) is 1.87. The van der Waals surface area contributed by atoms with Crippen molar-refractivity contribution in [1.29, 1.82) is 0 Å². The largest absolute Gasteiger partial charge is 0.481 e. The van der Waals surface area contributed by atoms with E-state index in [1.807, 2.05) is 0 Å². The van der Waals surface area contributed by atoms with E-state index in [0.29, 0.717) is 8.95 Å². The average Bonchev–Trinajstić information content (AvgIpc) is 2.30. The van der Waals surface area contributed by atoms with Crippen LogP contribution in [0.5, 0.6) is 0 Å². The Morgan fingerprint density at radius 1 is 1.21 bits per heavy atom. The molecule has 19 heavy (non-hydrogen) atoms. The van der Waals surface area contributed by atoms with Gasteiger partial charge in [0.15, 0.2) is 0 Å². The van der Waals surface area contributed by atoms with Crippen molar-refractivity contribution in [2.24, 2.45) is 0 Å². The number of amides is 1. The second kappa shape index (κ2) is 6.67. The van der Waals surface area contributed by atoms with Crippen LogP contribution in [0.15, 0.2) is 27.1 Å². The molecule has 1 aromatic carbocycles. The summed E-state index contributed by atoms with van der Waals surface area (Å²) in [6, 6.07) is 3.34. The quantitative estimate of drug-likeness (QED) is 0.707. The Morgan fingerprint density at radius 3 is 2.37 bits per heavy atom. The molecule has 0 spiro atoms. The van der Waals surface area contributed by atoms with Crippen LogP contribution in [0.2, 0.25) is 0 Å². The third kappa shape index (κ3) is 4.64. The summed E-state index contributed by atoms with van der Waals surface area (Å²) < 4.78 is 1.12. The van der Waals surface area contributed by atoms with Crippen molar-refractivity contribution >= 4 is 49.7 Å². The fourth-order valence-electron chi connectivity index (χ4n) is 1.28. The summed E-state index contributed by atoms with van der Waals surface area (Å²) in [5, 5.41) is 19.6. The Morgan fingerprint density at radius 2 is 1.84 bits per heavy atom. The summed E-state index contributed by atoms with van der Waals surface area (Å²) in [5.74, 6) is -3.37. The lowest BCUT2D eigenvalue weighted by atomic mass is 10.1. The molecule has 0 aliphatic carbocycles. The van der Waals surface area contributed by atoms with E-state index < -0.39 is 30.3 Å². The number of carboxylic acid groups (broad SMARTS) is 2. The molecular formula is C11H9Br2NO5. The summed E-state index contributed by atoms with van der Waals surface area (Å²) in [7, 11) is 0. The molecule has 0 fully saturated rings. The van der Waals surface area contributed by atoms with Gasteiger partial charge >= 0.3 is 11.9 Å². The van der Waals surface area contributed by atoms with E-state index in [-0.39, 0.29) is 5.56 Å². The van der Waals surface area contributed by atoms with Gasteiger partial charge in [0.1, 0.15) is 6.04 Å². The lowest BCUT2D eigenvalue weighted by Gasteiger charge is -2.13. The zero-order chi connectivity index (χ0) is 14.6. The maximum atomic E-state index is 11.9. The number of rotatable bonds is 5. The number of hydrogen-bond donors (Lipinski definition) is 3. The van der Waals surface area contributed by atoms with Gasteiger partial charge in [0.25, 0.3) is 5.91 Å². The smallest absolute Gasteiger partial charge is 0.326 e. The minimum absolute atomic E-state index is 0.214. The van der Waals surface area contributed by atoms with Crippen LogP contribution in [0.1, 0.15) is 16.8 Å². The second-order valence-corrected chi connectivity index (χ2v) is 5.36. The van der Waals surface area contributed by atoms with Crippen LogP contribution in [-0.2, 0) is 9.59 Å². The van der Waals surface area contributed by atoms with Crippen LogP contribution in [0.4, 0.5) is 0 Å². The third-order valence-corrected chi connectivity index (χ3v) is 3.34. The first kappa shape index (κ1) is 15.6. The molecule has 0 aliphatic rings. The zero-order valence-corrected chi connectivity index (χ0v) is 12.6. The van der Waals surface area contributed by atoms with Crippen LogP contribution >= 0.6 is 31.9 Å². The standard InChI is InChI=1S/C11H9Br2NO5/c12-5-1-2-7(13)6(3-5)10(17)14-8(11(18)19)4-9(15)16/h1-3,8H,4H2,(H,14,17)(H,15,16)(H,18,19)/t8-/m1/s1. The highest BCUT2D eigenvalue weighted by molar-refractivity contribution is 9.11. The first-order valence-electron chi connectivity index (χ1n) is 5.01.